The van der Waals surface area contributed by atoms with Crippen LogP contribution in [0.5, 0.6) is 0 Å². The third kappa shape index (κ3) is 4.07. The van der Waals surface area contributed by atoms with Crippen molar-refractivity contribution in [3.63, 3.8) is 0 Å². The normalized spacial score (nSPS) is 15.1. The average molecular weight is 506 g/mol. The van der Waals surface area contributed by atoms with Crippen LogP contribution in [0.4, 0.5) is 10.5 Å². The number of hydrogen-bond donors (Lipinski definition) is 1. The van der Waals surface area contributed by atoms with Gasteiger partial charge in [0.1, 0.15) is 5.57 Å². The first-order valence-electron chi connectivity index (χ1n) is 11.7. The van der Waals surface area contributed by atoms with Crippen LogP contribution in [0.25, 0.3) is 27.8 Å². The van der Waals surface area contributed by atoms with E-state index in [2.05, 4.69) is 34.1 Å². The maximum absolute atomic E-state index is 13.4. The van der Waals surface area contributed by atoms with E-state index in [0.717, 1.165) is 26.8 Å². The van der Waals surface area contributed by atoms with Gasteiger partial charge in [0.25, 0.3) is 11.8 Å². The topological polar surface area (TPSA) is 71.4 Å². The Labute approximate surface area is 217 Å². The molecule has 0 bridgehead atoms. The fraction of sp³-hybridized carbons (Fsp3) is 0.0333. The lowest BCUT2D eigenvalue weighted by Gasteiger charge is -2.26. The zero-order valence-corrected chi connectivity index (χ0v) is 20.3. The number of barbiturate groups is 1. The minimum Gasteiger partial charge on any atom is -0.342 e. The standard InChI is InChI=1S/C30H20ClN3O3/c31-22-12-14-23(15-13-22)34-29(36)26(28(35)32-30(34)37)16-21-18-33(27-11-4-3-10-25(21)27)17-20-8-5-7-19-6-1-2-9-24(19)20/h1-16,18H,17H2,(H,32,35,37)/b26-16+. The van der Waals surface area contributed by atoms with Crippen LogP contribution in [0.15, 0.2) is 103 Å². The summed E-state index contributed by atoms with van der Waals surface area (Å²) in [6.07, 6.45) is 3.48. The second kappa shape index (κ2) is 9.08. The molecule has 4 aromatic carbocycles. The number of para-hydroxylation sites is 1. The molecule has 0 radical (unpaired) electrons. The van der Waals surface area contributed by atoms with Crippen molar-refractivity contribution in [3.8, 4) is 0 Å². The predicted octanol–water partition coefficient (Wildman–Crippen LogP) is 6.16. The number of urea groups is 1. The summed E-state index contributed by atoms with van der Waals surface area (Å²) in [6, 6.07) is 27.8. The Balaban J connectivity index is 1.43. The van der Waals surface area contributed by atoms with E-state index in [4.69, 9.17) is 11.6 Å². The number of nitrogens with one attached hydrogen (secondary N) is 1. The van der Waals surface area contributed by atoms with Crippen molar-refractivity contribution in [2.75, 3.05) is 4.90 Å². The summed E-state index contributed by atoms with van der Waals surface area (Å²) in [7, 11) is 0. The molecule has 5 aromatic rings. The lowest BCUT2D eigenvalue weighted by Crippen LogP contribution is -2.54. The van der Waals surface area contributed by atoms with Gasteiger partial charge in [-0.2, -0.15) is 0 Å². The third-order valence-electron chi connectivity index (χ3n) is 6.53. The highest BCUT2D eigenvalue weighted by Gasteiger charge is 2.37. The van der Waals surface area contributed by atoms with Crippen LogP contribution in [-0.4, -0.2) is 22.4 Å². The summed E-state index contributed by atoms with van der Waals surface area (Å²) in [6.45, 7) is 0.612. The van der Waals surface area contributed by atoms with Crippen LogP contribution in [0.3, 0.4) is 0 Å². The zero-order chi connectivity index (χ0) is 25.5. The first-order chi connectivity index (χ1) is 18.0. The maximum Gasteiger partial charge on any atom is 0.335 e. The van der Waals surface area contributed by atoms with Crippen molar-refractivity contribution in [2.24, 2.45) is 0 Å². The number of hydrogen-bond acceptors (Lipinski definition) is 3. The van der Waals surface area contributed by atoms with Gasteiger partial charge in [-0.05, 0) is 52.7 Å². The SMILES string of the molecule is O=C1NC(=O)N(c2ccc(Cl)cc2)C(=O)/C1=C/c1cn(Cc2cccc3ccccc23)c2ccccc12. The second-order valence-corrected chi connectivity index (χ2v) is 9.24. The van der Waals surface area contributed by atoms with Gasteiger partial charge in [0.15, 0.2) is 0 Å². The summed E-state index contributed by atoms with van der Waals surface area (Å²) < 4.78 is 2.11. The summed E-state index contributed by atoms with van der Waals surface area (Å²) in [5, 5.41) is 5.97. The lowest BCUT2D eigenvalue weighted by atomic mass is 10.0. The molecule has 0 atom stereocenters. The van der Waals surface area contributed by atoms with Gasteiger partial charge in [-0.25, -0.2) is 9.69 Å². The maximum atomic E-state index is 13.4. The van der Waals surface area contributed by atoms with Crippen molar-refractivity contribution in [1.82, 2.24) is 9.88 Å². The summed E-state index contributed by atoms with van der Waals surface area (Å²) in [5.74, 6) is -1.42. The molecular weight excluding hydrogens is 486 g/mol. The number of aromatic nitrogens is 1. The minimum absolute atomic E-state index is 0.123. The van der Waals surface area contributed by atoms with E-state index in [9.17, 15) is 14.4 Å². The van der Waals surface area contributed by atoms with E-state index < -0.39 is 17.8 Å². The number of fused-ring (bicyclic) bond motifs is 2. The van der Waals surface area contributed by atoms with Crippen molar-refractivity contribution in [1.29, 1.82) is 0 Å². The Morgan fingerprint density at radius 3 is 2.30 bits per heavy atom. The lowest BCUT2D eigenvalue weighted by molar-refractivity contribution is -0.122. The molecule has 0 unspecified atom stereocenters. The first-order valence-corrected chi connectivity index (χ1v) is 12.1. The van der Waals surface area contributed by atoms with Crippen LogP contribution in [-0.2, 0) is 16.1 Å². The van der Waals surface area contributed by atoms with Crippen LogP contribution in [0.1, 0.15) is 11.1 Å². The third-order valence-corrected chi connectivity index (χ3v) is 6.78. The molecular formula is C30H20ClN3O3. The van der Waals surface area contributed by atoms with Crippen molar-refractivity contribution in [3.05, 3.63) is 119 Å². The van der Waals surface area contributed by atoms with Crippen molar-refractivity contribution in [2.45, 2.75) is 6.54 Å². The molecule has 7 heteroatoms. The molecule has 0 spiro atoms. The molecule has 1 N–H and O–H groups in total. The highest BCUT2D eigenvalue weighted by molar-refractivity contribution is 6.39. The highest BCUT2D eigenvalue weighted by atomic mass is 35.5. The first kappa shape index (κ1) is 22.8. The van der Waals surface area contributed by atoms with Gasteiger partial charge < -0.3 is 4.57 Å². The van der Waals surface area contributed by atoms with Gasteiger partial charge in [-0.15, -0.1) is 0 Å². The number of amides is 4. The number of anilines is 1. The molecule has 2 heterocycles. The molecule has 6 nitrogen and oxygen atoms in total. The van der Waals surface area contributed by atoms with E-state index >= 15 is 0 Å². The largest absolute Gasteiger partial charge is 0.342 e. The Bertz CT molecular complexity index is 1750. The molecule has 1 aliphatic heterocycles. The molecule has 180 valence electrons. The molecule has 1 fully saturated rings. The Hall–Kier alpha value is -4.68. The molecule has 4 amide bonds. The monoisotopic (exact) mass is 505 g/mol. The van der Waals surface area contributed by atoms with Gasteiger partial charge in [-0.1, -0.05) is 72.3 Å². The van der Waals surface area contributed by atoms with Crippen molar-refractivity contribution >= 4 is 62.9 Å². The van der Waals surface area contributed by atoms with E-state index in [1.54, 1.807) is 30.3 Å². The van der Waals surface area contributed by atoms with E-state index in [1.807, 2.05) is 48.7 Å². The van der Waals surface area contributed by atoms with Crippen LogP contribution < -0.4 is 10.2 Å². The number of benzene rings is 4. The van der Waals surface area contributed by atoms with E-state index in [1.165, 1.54) is 5.39 Å². The van der Waals surface area contributed by atoms with Gasteiger partial charge in [0.05, 0.1) is 5.69 Å². The summed E-state index contributed by atoms with van der Waals surface area (Å²) in [4.78, 5) is 39.6. The van der Waals surface area contributed by atoms with Crippen LogP contribution in [0.2, 0.25) is 5.02 Å². The van der Waals surface area contributed by atoms with E-state index in [0.29, 0.717) is 22.8 Å². The number of nitrogens with zero attached hydrogens (tertiary/aromatic N) is 2. The number of imide groups is 2. The number of halogens is 1. The van der Waals surface area contributed by atoms with Crippen LogP contribution >= 0.6 is 11.6 Å². The van der Waals surface area contributed by atoms with Gasteiger partial charge in [0.2, 0.25) is 0 Å². The molecule has 0 saturated carbocycles. The smallest absolute Gasteiger partial charge is 0.335 e. The Morgan fingerprint density at radius 2 is 1.49 bits per heavy atom. The second-order valence-electron chi connectivity index (χ2n) is 8.80. The van der Waals surface area contributed by atoms with E-state index in [-0.39, 0.29) is 5.57 Å². The summed E-state index contributed by atoms with van der Waals surface area (Å²) >= 11 is 5.96. The minimum atomic E-state index is -0.798. The average Bonchev–Trinajstić information content (AvgIpc) is 3.25. The molecule has 6 rings (SSSR count). The highest BCUT2D eigenvalue weighted by Crippen LogP contribution is 2.29. The fourth-order valence-corrected chi connectivity index (χ4v) is 4.90. The Kier molecular flexibility index (Phi) is 5.58. The quantitative estimate of drug-likeness (QED) is 0.235. The van der Waals surface area contributed by atoms with Crippen molar-refractivity contribution < 1.29 is 14.4 Å². The number of carbonyl (C=O) groups is 3. The molecule has 37 heavy (non-hydrogen) atoms. The van der Waals surface area contributed by atoms with Gasteiger partial charge in [-0.3, -0.25) is 14.9 Å². The van der Waals surface area contributed by atoms with Gasteiger partial charge in [0, 0.05) is 34.2 Å². The molecule has 0 aliphatic carbocycles. The number of carbonyl (C=O) groups excluding carboxylic acids is 3. The zero-order valence-electron chi connectivity index (χ0n) is 19.5. The molecule has 1 aromatic heterocycles. The predicted molar refractivity (Wildman–Crippen MR) is 145 cm³/mol. The number of rotatable bonds is 4. The Morgan fingerprint density at radius 1 is 0.784 bits per heavy atom. The molecule has 1 aliphatic rings. The van der Waals surface area contributed by atoms with Crippen LogP contribution in [0, 0.1) is 0 Å². The fourth-order valence-electron chi connectivity index (χ4n) is 4.77. The summed E-state index contributed by atoms with van der Waals surface area (Å²) in [5.41, 5.74) is 3.03. The molecule has 1 saturated heterocycles. The van der Waals surface area contributed by atoms with Gasteiger partial charge >= 0.3 is 6.03 Å².